The van der Waals surface area contributed by atoms with E-state index in [1.165, 1.54) is 12.5 Å². The molecule has 2 aromatic rings. The molecule has 2 N–H and O–H groups in total. The highest BCUT2D eigenvalue weighted by molar-refractivity contribution is 5.94. The largest absolute Gasteiger partial charge is 0.472 e. The van der Waals surface area contributed by atoms with Gasteiger partial charge in [-0.25, -0.2) is 4.98 Å². The van der Waals surface area contributed by atoms with Crippen molar-refractivity contribution in [3.05, 3.63) is 35.8 Å². The molecule has 0 spiro atoms. The van der Waals surface area contributed by atoms with Gasteiger partial charge in [0, 0.05) is 32.2 Å². The lowest BCUT2D eigenvalue weighted by Gasteiger charge is -2.24. The van der Waals surface area contributed by atoms with Gasteiger partial charge in [-0.1, -0.05) is 0 Å². The molecule has 2 atom stereocenters. The molecule has 0 aliphatic carbocycles. The number of furan rings is 1. The fourth-order valence-corrected chi connectivity index (χ4v) is 3.73. The van der Waals surface area contributed by atoms with Crippen molar-refractivity contribution in [1.82, 2.24) is 25.4 Å². The highest BCUT2D eigenvalue weighted by Gasteiger charge is 2.40. The van der Waals surface area contributed by atoms with Gasteiger partial charge in [0.2, 0.25) is 5.91 Å². The number of nitrogens with zero attached hydrogens (tertiary/aromatic N) is 3. The highest BCUT2D eigenvalue weighted by Crippen LogP contribution is 2.28. The van der Waals surface area contributed by atoms with Crippen molar-refractivity contribution in [2.75, 3.05) is 26.3 Å². The highest BCUT2D eigenvalue weighted by atomic mass is 16.5. The number of hydrogen-bond donors (Lipinski definition) is 2. The average molecular weight is 373 g/mol. The van der Waals surface area contributed by atoms with Gasteiger partial charge < -0.3 is 19.4 Å². The van der Waals surface area contributed by atoms with Crippen LogP contribution >= 0.6 is 0 Å². The van der Waals surface area contributed by atoms with Crippen LogP contribution in [0.25, 0.3) is 0 Å². The molecule has 0 radical (unpaired) electrons. The summed E-state index contributed by atoms with van der Waals surface area (Å²) in [5, 5.41) is 10.2. The molecule has 0 bridgehead atoms. The summed E-state index contributed by atoms with van der Waals surface area (Å²) in [6.45, 7) is 3.90. The van der Waals surface area contributed by atoms with Gasteiger partial charge in [-0.15, -0.1) is 0 Å². The van der Waals surface area contributed by atoms with E-state index in [2.05, 4.69) is 20.5 Å². The number of nitrogens with one attached hydrogen (secondary N) is 2. The Morgan fingerprint density at radius 2 is 2.11 bits per heavy atom. The smallest absolute Gasteiger partial charge is 0.257 e. The van der Waals surface area contributed by atoms with Gasteiger partial charge in [-0.05, 0) is 25.8 Å². The Labute approximate surface area is 156 Å². The molecule has 9 nitrogen and oxygen atoms in total. The van der Waals surface area contributed by atoms with E-state index in [1.807, 2.05) is 6.92 Å². The third kappa shape index (κ3) is 3.73. The molecule has 9 heteroatoms. The normalized spacial score (nSPS) is 23.5. The summed E-state index contributed by atoms with van der Waals surface area (Å²) in [5.41, 5.74) is 0.497. The van der Waals surface area contributed by atoms with Gasteiger partial charge in [0.1, 0.15) is 12.1 Å². The minimum Gasteiger partial charge on any atom is -0.472 e. The van der Waals surface area contributed by atoms with E-state index in [-0.39, 0.29) is 29.7 Å². The molecule has 2 aromatic heterocycles. The maximum atomic E-state index is 12.7. The van der Waals surface area contributed by atoms with Crippen LogP contribution in [0.1, 0.15) is 40.8 Å². The molecule has 2 saturated heterocycles. The molecule has 2 fully saturated rings. The summed E-state index contributed by atoms with van der Waals surface area (Å²) in [4.78, 5) is 31.6. The Hall–Kier alpha value is -2.68. The van der Waals surface area contributed by atoms with Crippen molar-refractivity contribution in [3.63, 3.8) is 0 Å². The number of rotatable bonds is 4. The Morgan fingerprint density at radius 3 is 2.78 bits per heavy atom. The quantitative estimate of drug-likeness (QED) is 0.822. The van der Waals surface area contributed by atoms with E-state index in [4.69, 9.17) is 9.15 Å². The van der Waals surface area contributed by atoms with E-state index in [0.29, 0.717) is 43.5 Å². The number of aromatic amines is 1. The van der Waals surface area contributed by atoms with Gasteiger partial charge in [-0.2, -0.15) is 5.10 Å². The molecular formula is C18H23N5O4. The molecule has 2 aliphatic rings. The maximum absolute atomic E-state index is 12.7. The second-order valence-electron chi connectivity index (χ2n) is 7.11. The molecule has 4 heterocycles. The van der Waals surface area contributed by atoms with E-state index < -0.39 is 0 Å². The third-order valence-corrected chi connectivity index (χ3v) is 5.24. The number of likely N-dealkylation sites (tertiary alicyclic amines) is 1. The zero-order valence-electron chi connectivity index (χ0n) is 15.2. The van der Waals surface area contributed by atoms with Crippen LogP contribution in [0.15, 0.2) is 23.0 Å². The first-order chi connectivity index (χ1) is 13.1. The van der Waals surface area contributed by atoms with Crippen molar-refractivity contribution in [1.29, 1.82) is 0 Å². The predicted octanol–water partition coefficient (Wildman–Crippen LogP) is 0.857. The summed E-state index contributed by atoms with van der Waals surface area (Å²) in [7, 11) is 0. The maximum Gasteiger partial charge on any atom is 0.257 e. The number of amides is 2. The topological polar surface area (TPSA) is 113 Å². The third-order valence-electron chi connectivity index (χ3n) is 5.24. The second-order valence-corrected chi connectivity index (χ2v) is 7.11. The number of aromatic nitrogens is 3. The molecule has 0 unspecified atom stereocenters. The van der Waals surface area contributed by atoms with Gasteiger partial charge in [0.05, 0.1) is 23.8 Å². The lowest BCUT2D eigenvalue weighted by molar-refractivity contribution is -0.128. The van der Waals surface area contributed by atoms with Crippen LogP contribution in [0.3, 0.4) is 0 Å². The minimum atomic E-state index is -0.230. The Balaban J connectivity index is 1.51. The predicted molar refractivity (Wildman–Crippen MR) is 93.9 cm³/mol. The first-order valence-corrected chi connectivity index (χ1v) is 9.20. The Kier molecular flexibility index (Phi) is 4.93. The fourth-order valence-electron chi connectivity index (χ4n) is 3.73. The van der Waals surface area contributed by atoms with Crippen LogP contribution in [0, 0.1) is 12.8 Å². The summed E-state index contributed by atoms with van der Waals surface area (Å²) in [5.74, 6) is 1.01. The first kappa shape index (κ1) is 17.7. The molecule has 0 saturated carbocycles. The van der Waals surface area contributed by atoms with Crippen LogP contribution < -0.4 is 5.32 Å². The lowest BCUT2D eigenvalue weighted by atomic mass is 9.97. The minimum absolute atomic E-state index is 0.0122. The summed E-state index contributed by atoms with van der Waals surface area (Å²) in [6.07, 6.45) is 4.35. The van der Waals surface area contributed by atoms with Gasteiger partial charge in [0.15, 0.2) is 5.82 Å². The molecular weight excluding hydrogens is 350 g/mol. The van der Waals surface area contributed by atoms with E-state index in [0.717, 1.165) is 12.8 Å². The monoisotopic (exact) mass is 373 g/mol. The number of H-pyrrole nitrogens is 1. The fraction of sp³-hybridized carbons (Fsp3) is 0.556. The van der Waals surface area contributed by atoms with E-state index in [9.17, 15) is 9.59 Å². The van der Waals surface area contributed by atoms with Crippen molar-refractivity contribution in [3.8, 4) is 0 Å². The standard InChI is InChI=1S/C18H23N5O4/c1-11-19-16(22-21-11)14-8-23(18(25)13-4-7-27-10-13)9-15(14)20-17(24)12-2-5-26-6-3-12/h4,7,10,12,14-15H,2-3,5-6,8-9H2,1H3,(H,20,24)(H,19,21,22)/t14-,15-/m1/s1. The molecule has 2 amide bonds. The number of aryl methyl sites for hydroxylation is 1. The number of hydrogen-bond acceptors (Lipinski definition) is 6. The molecule has 144 valence electrons. The number of carbonyl (C=O) groups is 2. The van der Waals surface area contributed by atoms with E-state index in [1.54, 1.807) is 11.0 Å². The van der Waals surface area contributed by atoms with Crippen molar-refractivity contribution in [2.24, 2.45) is 5.92 Å². The van der Waals surface area contributed by atoms with Crippen LogP contribution in [0.4, 0.5) is 0 Å². The van der Waals surface area contributed by atoms with Crippen molar-refractivity contribution < 1.29 is 18.7 Å². The van der Waals surface area contributed by atoms with Crippen LogP contribution in [0.5, 0.6) is 0 Å². The number of carbonyl (C=O) groups excluding carboxylic acids is 2. The van der Waals surface area contributed by atoms with Crippen molar-refractivity contribution >= 4 is 11.8 Å². The first-order valence-electron chi connectivity index (χ1n) is 9.20. The summed E-state index contributed by atoms with van der Waals surface area (Å²) >= 11 is 0. The Bertz CT molecular complexity index is 797. The van der Waals surface area contributed by atoms with Crippen LogP contribution in [-0.2, 0) is 9.53 Å². The molecule has 27 heavy (non-hydrogen) atoms. The zero-order valence-corrected chi connectivity index (χ0v) is 15.2. The summed E-state index contributed by atoms with van der Waals surface area (Å²) in [6, 6.07) is 1.41. The van der Waals surface area contributed by atoms with Gasteiger partial charge in [0.25, 0.3) is 5.91 Å². The number of ether oxygens (including phenoxy) is 1. The Morgan fingerprint density at radius 1 is 1.30 bits per heavy atom. The van der Waals surface area contributed by atoms with Crippen LogP contribution in [-0.4, -0.2) is 64.2 Å². The summed E-state index contributed by atoms with van der Waals surface area (Å²) < 4.78 is 10.4. The zero-order chi connectivity index (χ0) is 18.8. The second kappa shape index (κ2) is 7.51. The molecule has 0 aromatic carbocycles. The van der Waals surface area contributed by atoms with E-state index >= 15 is 0 Å². The van der Waals surface area contributed by atoms with Gasteiger partial charge in [-0.3, -0.25) is 14.7 Å². The molecule has 4 rings (SSSR count). The lowest BCUT2D eigenvalue weighted by Crippen LogP contribution is -2.44. The van der Waals surface area contributed by atoms with Crippen LogP contribution in [0.2, 0.25) is 0 Å². The average Bonchev–Trinajstić information content (AvgIpc) is 3.42. The SMILES string of the molecule is Cc1nc([C@@H]2CN(C(=O)c3ccoc3)C[C@H]2NC(=O)C2CCOCC2)n[nH]1. The van der Waals surface area contributed by atoms with Gasteiger partial charge >= 0.3 is 0 Å². The van der Waals surface area contributed by atoms with Crippen molar-refractivity contribution in [2.45, 2.75) is 31.7 Å². The molecule has 2 aliphatic heterocycles.